The number of amides is 1. The van der Waals surface area contributed by atoms with E-state index >= 15 is 0 Å². The quantitative estimate of drug-likeness (QED) is 0.872. The summed E-state index contributed by atoms with van der Waals surface area (Å²) in [5, 5.41) is 13.9. The van der Waals surface area contributed by atoms with Crippen LogP contribution in [0.15, 0.2) is 24.3 Å². The van der Waals surface area contributed by atoms with E-state index in [9.17, 15) is 4.79 Å². The Kier molecular flexibility index (Phi) is 2.76. The molecule has 2 aromatic rings. The second kappa shape index (κ2) is 4.56. The normalized spacial score (nSPS) is 15.3. The van der Waals surface area contributed by atoms with Crippen molar-refractivity contribution >= 4 is 5.91 Å². The van der Waals surface area contributed by atoms with E-state index in [1.165, 1.54) is 0 Å². The van der Waals surface area contributed by atoms with E-state index < -0.39 is 0 Å². The Bertz CT molecular complexity index is 551. The average Bonchev–Trinajstić information content (AvgIpc) is 3.02. The maximum absolute atomic E-state index is 11.6. The fourth-order valence-electron chi connectivity index (χ4n) is 2.18. The van der Waals surface area contributed by atoms with Gasteiger partial charge in [0.2, 0.25) is 11.7 Å². The summed E-state index contributed by atoms with van der Waals surface area (Å²) in [6, 6.07) is 7.88. The van der Waals surface area contributed by atoms with Crippen LogP contribution in [0.1, 0.15) is 18.4 Å². The van der Waals surface area contributed by atoms with Crippen molar-refractivity contribution in [3.05, 3.63) is 29.8 Å². The molecule has 1 aromatic heterocycles. The first kappa shape index (κ1) is 10.9. The Balaban J connectivity index is 1.81. The Labute approximate surface area is 104 Å². The molecule has 3 rings (SSSR count). The monoisotopic (exact) mass is 243 g/mol. The van der Waals surface area contributed by atoms with Crippen LogP contribution in [-0.4, -0.2) is 38.0 Å². The van der Waals surface area contributed by atoms with Gasteiger partial charge < -0.3 is 4.90 Å². The minimum absolute atomic E-state index is 0.236. The van der Waals surface area contributed by atoms with Crippen LogP contribution in [0.2, 0.25) is 0 Å². The number of likely N-dealkylation sites (tertiary alicyclic amines) is 1. The third-order valence-electron chi connectivity index (χ3n) is 3.08. The van der Waals surface area contributed by atoms with Crippen LogP contribution in [0.4, 0.5) is 0 Å². The summed E-state index contributed by atoms with van der Waals surface area (Å²) < 4.78 is 0. The lowest BCUT2D eigenvalue weighted by Gasteiger charge is -2.15. The number of hydrogen-bond donors (Lipinski definition) is 1. The molecule has 1 aromatic carbocycles. The summed E-state index contributed by atoms with van der Waals surface area (Å²) in [7, 11) is 0. The molecule has 92 valence electrons. The van der Waals surface area contributed by atoms with Gasteiger partial charge in [-0.05, 0) is 23.3 Å². The predicted molar refractivity (Wildman–Crippen MR) is 64.3 cm³/mol. The molecule has 0 spiro atoms. The van der Waals surface area contributed by atoms with Crippen molar-refractivity contribution in [3.63, 3.8) is 0 Å². The Morgan fingerprint density at radius 1 is 1.39 bits per heavy atom. The van der Waals surface area contributed by atoms with Gasteiger partial charge in [0, 0.05) is 25.1 Å². The summed E-state index contributed by atoms with van der Waals surface area (Å²) in [4.78, 5) is 13.5. The molecule has 1 N–H and O–H groups in total. The van der Waals surface area contributed by atoms with Crippen LogP contribution in [0.25, 0.3) is 11.4 Å². The van der Waals surface area contributed by atoms with Crippen molar-refractivity contribution in [3.8, 4) is 11.4 Å². The molecule has 2 heterocycles. The van der Waals surface area contributed by atoms with Gasteiger partial charge in [-0.3, -0.25) is 4.79 Å². The van der Waals surface area contributed by atoms with Crippen LogP contribution in [0.3, 0.4) is 0 Å². The first-order valence-electron chi connectivity index (χ1n) is 5.93. The topological polar surface area (TPSA) is 74.8 Å². The molecule has 1 aliphatic heterocycles. The molecular formula is C12H13N5O. The minimum Gasteiger partial charge on any atom is -0.338 e. The maximum atomic E-state index is 11.6. The smallest absolute Gasteiger partial charge is 0.222 e. The number of aromatic amines is 1. The largest absolute Gasteiger partial charge is 0.338 e. The molecular weight excluding hydrogens is 230 g/mol. The lowest BCUT2D eigenvalue weighted by molar-refractivity contribution is -0.128. The molecule has 0 saturated carbocycles. The summed E-state index contributed by atoms with van der Waals surface area (Å²) >= 11 is 0. The lowest BCUT2D eigenvalue weighted by Crippen LogP contribution is -2.23. The van der Waals surface area contributed by atoms with E-state index in [0.29, 0.717) is 18.8 Å². The number of tetrazole rings is 1. The molecule has 0 unspecified atom stereocenters. The molecule has 1 amide bonds. The van der Waals surface area contributed by atoms with Gasteiger partial charge >= 0.3 is 0 Å². The van der Waals surface area contributed by atoms with Crippen LogP contribution < -0.4 is 0 Å². The first-order valence-corrected chi connectivity index (χ1v) is 5.93. The number of carbonyl (C=O) groups excluding carboxylic acids is 1. The van der Waals surface area contributed by atoms with Gasteiger partial charge in [-0.1, -0.05) is 18.2 Å². The number of benzene rings is 1. The summed E-state index contributed by atoms with van der Waals surface area (Å²) in [6.07, 6.45) is 1.63. The molecule has 18 heavy (non-hydrogen) atoms. The van der Waals surface area contributed by atoms with Crippen molar-refractivity contribution < 1.29 is 4.79 Å². The van der Waals surface area contributed by atoms with E-state index in [0.717, 1.165) is 24.1 Å². The SMILES string of the molecule is O=C1CCCN1Cc1cccc(-c2nn[nH]n2)c1. The molecule has 1 fully saturated rings. The fourth-order valence-corrected chi connectivity index (χ4v) is 2.18. The number of H-pyrrole nitrogens is 1. The molecule has 6 nitrogen and oxygen atoms in total. The van der Waals surface area contributed by atoms with E-state index in [2.05, 4.69) is 20.6 Å². The van der Waals surface area contributed by atoms with Crippen molar-refractivity contribution in [2.24, 2.45) is 0 Å². The van der Waals surface area contributed by atoms with Gasteiger partial charge in [0.15, 0.2) is 0 Å². The van der Waals surface area contributed by atoms with Crippen molar-refractivity contribution in [2.75, 3.05) is 6.54 Å². The van der Waals surface area contributed by atoms with Crippen molar-refractivity contribution in [1.82, 2.24) is 25.5 Å². The number of aromatic nitrogens is 4. The molecule has 0 aliphatic carbocycles. The zero-order valence-electron chi connectivity index (χ0n) is 9.83. The number of hydrogen-bond acceptors (Lipinski definition) is 4. The van der Waals surface area contributed by atoms with E-state index in [-0.39, 0.29) is 5.91 Å². The third kappa shape index (κ3) is 2.09. The number of carbonyl (C=O) groups is 1. The fraction of sp³-hybridized carbons (Fsp3) is 0.333. The van der Waals surface area contributed by atoms with Crippen molar-refractivity contribution in [2.45, 2.75) is 19.4 Å². The highest BCUT2D eigenvalue weighted by Gasteiger charge is 2.20. The van der Waals surface area contributed by atoms with Gasteiger partial charge in [-0.25, -0.2) is 0 Å². The van der Waals surface area contributed by atoms with Crippen LogP contribution in [0.5, 0.6) is 0 Å². The third-order valence-corrected chi connectivity index (χ3v) is 3.08. The van der Waals surface area contributed by atoms with E-state index in [1.807, 2.05) is 29.2 Å². The summed E-state index contributed by atoms with van der Waals surface area (Å²) in [5.74, 6) is 0.810. The molecule has 6 heteroatoms. The Morgan fingerprint density at radius 3 is 3.06 bits per heavy atom. The van der Waals surface area contributed by atoms with Crippen LogP contribution in [-0.2, 0) is 11.3 Å². The first-order chi connectivity index (χ1) is 8.83. The zero-order valence-corrected chi connectivity index (χ0v) is 9.83. The zero-order chi connectivity index (χ0) is 12.4. The standard InChI is InChI=1S/C12H13N5O/c18-11-5-2-6-17(11)8-9-3-1-4-10(7-9)12-13-15-16-14-12/h1,3-4,7H,2,5-6,8H2,(H,13,14,15,16). The highest BCUT2D eigenvalue weighted by Crippen LogP contribution is 2.18. The van der Waals surface area contributed by atoms with Gasteiger partial charge in [-0.15, -0.1) is 10.2 Å². The van der Waals surface area contributed by atoms with E-state index in [1.54, 1.807) is 0 Å². The number of nitrogens with zero attached hydrogens (tertiary/aromatic N) is 4. The molecule has 1 saturated heterocycles. The van der Waals surface area contributed by atoms with Gasteiger partial charge in [0.05, 0.1) is 0 Å². The second-order valence-corrected chi connectivity index (χ2v) is 4.35. The minimum atomic E-state index is 0.236. The molecule has 0 atom stereocenters. The predicted octanol–water partition coefficient (Wildman–Crippen LogP) is 0.989. The maximum Gasteiger partial charge on any atom is 0.222 e. The average molecular weight is 243 g/mol. The Hall–Kier alpha value is -2.24. The highest BCUT2D eigenvalue weighted by molar-refractivity contribution is 5.78. The molecule has 1 aliphatic rings. The van der Waals surface area contributed by atoms with Crippen LogP contribution in [0, 0.1) is 0 Å². The highest BCUT2D eigenvalue weighted by atomic mass is 16.2. The molecule has 0 radical (unpaired) electrons. The molecule has 0 bridgehead atoms. The second-order valence-electron chi connectivity index (χ2n) is 4.35. The lowest BCUT2D eigenvalue weighted by atomic mass is 10.1. The van der Waals surface area contributed by atoms with Gasteiger partial charge in [0.1, 0.15) is 0 Å². The summed E-state index contributed by atoms with van der Waals surface area (Å²) in [5.41, 5.74) is 2.00. The van der Waals surface area contributed by atoms with Crippen LogP contribution >= 0.6 is 0 Å². The summed E-state index contributed by atoms with van der Waals surface area (Å²) in [6.45, 7) is 1.51. The van der Waals surface area contributed by atoms with Gasteiger partial charge in [0.25, 0.3) is 0 Å². The van der Waals surface area contributed by atoms with E-state index in [4.69, 9.17) is 0 Å². The Morgan fingerprint density at radius 2 is 2.33 bits per heavy atom. The number of nitrogens with one attached hydrogen (secondary N) is 1. The number of rotatable bonds is 3. The van der Waals surface area contributed by atoms with Gasteiger partial charge in [-0.2, -0.15) is 5.21 Å². The van der Waals surface area contributed by atoms with Crippen molar-refractivity contribution in [1.29, 1.82) is 0 Å².